The minimum atomic E-state index is -0.254. The molecule has 2 aromatic heterocycles. The highest BCUT2D eigenvalue weighted by Crippen LogP contribution is 2.36. The lowest BCUT2D eigenvalue weighted by Crippen LogP contribution is -2.50. The molecule has 0 bridgehead atoms. The molecule has 1 N–H and O–H groups in total. The number of rotatable bonds is 5. The molecule has 5 rings (SSSR count). The van der Waals surface area contributed by atoms with Gasteiger partial charge in [-0.05, 0) is 56.6 Å². The van der Waals surface area contributed by atoms with Crippen LogP contribution < -0.4 is 5.32 Å². The highest BCUT2D eigenvalue weighted by Gasteiger charge is 2.40. The number of piperidine rings is 1. The molecule has 8 nitrogen and oxygen atoms in total. The Morgan fingerprint density at radius 1 is 1.23 bits per heavy atom. The zero-order chi connectivity index (χ0) is 24.5. The smallest absolute Gasteiger partial charge is 0.227 e. The normalized spacial score (nSPS) is 22.6. The first-order valence-electron chi connectivity index (χ1n) is 12.2. The van der Waals surface area contributed by atoms with E-state index < -0.39 is 0 Å². The van der Waals surface area contributed by atoms with Gasteiger partial charge < -0.3 is 15.1 Å². The zero-order valence-electron chi connectivity index (χ0n) is 20.5. The predicted molar refractivity (Wildman–Crippen MR) is 131 cm³/mol. The van der Waals surface area contributed by atoms with Crippen molar-refractivity contribution >= 4 is 11.9 Å². The Morgan fingerprint density at radius 3 is 2.83 bits per heavy atom. The summed E-state index contributed by atoms with van der Waals surface area (Å²) in [5.41, 5.74) is 3.47. The molecule has 2 aliphatic heterocycles. The van der Waals surface area contributed by atoms with Crippen molar-refractivity contribution in [3.8, 4) is 0 Å². The lowest BCUT2D eigenvalue weighted by atomic mass is 9.79. The summed E-state index contributed by atoms with van der Waals surface area (Å²) in [6, 6.07) is 8.84. The largest absolute Gasteiger partial charge is 0.348 e. The highest BCUT2D eigenvalue weighted by molar-refractivity contribution is 5.81. The maximum absolute atomic E-state index is 14.7. The minimum absolute atomic E-state index is 0.0341. The lowest BCUT2D eigenvalue weighted by Gasteiger charge is -2.42. The third-order valence-electron chi connectivity index (χ3n) is 7.24. The molecule has 0 spiro atoms. The molecule has 0 aliphatic carbocycles. The van der Waals surface area contributed by atoms with Crippen LogP contribution in [0.25, 0.3) is 0 Å². The van der Waals surface area contributed by atoms with Crippen LogP contribution in [-0.2, 0) is 31.4 Å². The number of carbonyl (C=O) groups excluding carboxylic acids is 1. The van der Waals surface area contributed by atoms with Crippen molar-refractivity contribution < 1.29 is 9.18 Å². The SMILES string of the molecule is C[C@@H]1Cc2cnc(NCc3ccn(C)n3)nc2CN1C(=O)[C@H]1CCN(C)C[C@@H]1c1ccccc1F. The van der Waals surface area contributed by atoms with Crippen LogP contribution in [0.5, 0.6) is 0 Å². The summed E-state index contributed by atoms with van der Waals surface area (Å²) >= 11 is 0. The molecule has 1 aromatic carbocycles. The molecular formula is C26H32FN7O. The topological polar surface area (TPSA) is 79.2 Å². The van der Waals surface area contributed by atoms with Crippen molar-refractivity contribution in [3.63, 3.8) is 0 Å². The number of aromatic nitrogens is 4. The van der Waals surface area contributed by atoms with E-state index in [2.05, 4.69) is 27.2 Å². The number of halogens is 1. The van der Waals surface area contributed by atoms with Gasteiger partial charge >= 0.3 is 0 Å². The molecule has 2 aliphatic rings. The Hall–Kier alpha value is -3.33. The first kappa shape index (κ1) is 23.4. The molecule has 184 valence electrons. The number of amides is 1. The maximum atomic E-state index is 14.7. The average molecular weight is 478 g/mol. The number of likely N-dealkylation sites (tertiary alicyclic amines) is 1. The van der Waals surface area contributed by atoms with E-state index in [1.54, 1.807) is 10.7 Å². The first-order valence-corrected chi connectivity index (χ1v) is 12.2. The van der Waals surface area contributed by atoms with E-state index in [9.17, 15) is 9.18 Å². The molecular weight excluding hydrogens is 445 g/mol. The molecule has 4 heterocycles. The summed E-state index contributed by atoms with van der Waals surface area (Å²) in [6.07, 6.45) is 5.18. The number of benzene rings is 1. The lowest BCUT2D eigenvalue weighted by molar-refractivity contribution is -0.141. The van der Waals surface area contributed by atoms with Crippen LogP contribution in [0.3, 0.4) is 0 Å². The molecule has 0 saturated carbocycles. The van der Waals surface area contributed by atoms with Gasteiger partial charge in [-0.3, -0.25) is 9.48 Å². The second kappa shape index (κ2) is 9.73. The summed E-state index contributed by atoms with van der Waals surface area (Å²) in [4.78, 5) is 27.2. The van der Waals surface area contributed by atoms with Crippen molar-refractivity contribution in [3.05, 3.63) is 71.1 Å². The van der Waals surface area contributed by atoms with Gasteiger partial charge in [0.15, 0.2) is 0 Å². The fraction of sp³-hybridized carbons (Fsp3) is 0.462. The molecule has 1 amide bonds. The van der Waals surface area contributed by atoms with E-state index in [0.29, 0.717) is 44.0 Å². The second-order valence-electron chi connectivity index (χ2n) is 9.80. The van der Waals surface area contributed by atoms with Crippen molar-refractivity contribution in [2.75, 3.05) is 25.5 Å². The maximum Gasteiger partial charge on any atom is 0.227 e. The molecule has 9 heteroatoms. The van der Waals surface area contributed by atoms with Gasteiger partial charge in [0.05, 0.1) is 24.5 Å². The Bertz CT molecular complexity index is 1210. The van der Waals surface area contributed by atoms with Crippen molar-refractivity contribution in [2.24, 2.45) is 13.0 Å². The van der Waals surface area contributed by atoms with Gasteiger partial charge in [0.1, 0.15) is 5.82 Å². The van der Waals surface area contributed by atoms with Crippen LogP contribution in [0.4, 0.5) is 10.3 Å². The van der Waals surface area contributed by atoms with E-state index in [4.69, 9.17) is 4.98 Å². The summed E-state index contributed by atoms with van der Waals surface area (Å²) < 4.78 is 16.5. The highest BCUT2D eigenvalue weighted by atomic mass is 19.1. The van der Waals surface area contributed by atoms with Crippen molar-refractivity contribution in [1.82, 2.24) is 29.5 Å². The molecule has 0 unspecified atom stereocenters. The Balaban J connectivity index is 1.34. The van der Waals surface area contributed by atoms with Gasteiger partial charge in [0.25, 0.3) is 0 Å². The fourth-order valence-electron chi connectivity index (χ4n) is 5.32. The van der Waals surface area contributed by atoms with Crippen LogP contribution in [0.15, 0.2) is 42.7 Å². The standard InChI is InChI=1S/C26H32FN7O/c1-17-12-18-13-28-26(29-14-19-8-11-33(3)31-19)30-24(18)16-34(17)25(35)21-9-10-32(2)15-22(21)20-6-4-5-7-23(20)27/h4-8,11,13,17,21-22H,9-10,12,14-16H2,1-3H3,(H,28,29,30)/t17-,21+,22-/m1/s1. The van der Waals surface area contributed by atoms with Gasteiger partial charge in [-0.25, -0.2) is 14.4 Å². The Morgan fingerprint density at radius 2 is 2.06 bits per heavy atom. The van der Waals surface area contributed by atoms with Gasteiger partial charge in [-0.2, -0.15) is 5.10 Å². The Labute approximate surface area is 205 Å². The van der Waals surface area contributed by atoms with Crippen LogP contribution in [0.1, 0.15) is 41.8 Å². The number of likely N-dealkylation sites (N-methyl/N-ethyl adjacent to an activating group) is 1. The first-order chi connectivity index (χ1) is 16.9. The van der Waals surface area contributed by atoms with Crippen LogP contribution in [0, 0.1) is 11.7 Å². The van der Waals surface area contributed by atoms with Gasteiger partial charge in [0, 0.05) is 43.9 Å². The van der Waals surface area contributed by atoms with Crippen molar-refractivity contribution in [2.45, 2.75) is 44.8 Å². The average Bonchev–Trinajstić information content (AvgIpc) is 3.27. The fourth-order valence-corrected chi connectivity index (χ4v) is 5.32. The number of anilines is 1. The number of carbonyl (C=O) groups is 1. The monoisotopic (exact) mass is 477 g/mol. The van der Waals surface area contributed by atoms with E-state index in [0.717, 1.165) is 23.5 Å². The van der Waals surface area contributed by atoms with E-state index in [1.165, 1.54) is 6.07 Å². The van der Waals surface area contributed by atoms with Crippen LogP contribution in [0.2, 0.25) is 0 Å². The van der Waals surface area contributed by atoms with E-state index in [1.807, 2.05) is 49.6 Å². The van der Waals surface area contributed by atoms with Crippen LogP contribution in [-0.4, -0.2) is 61.6 Å². The number of hydrogen-bond donors (Lipinski definition) is 1. The van der Waals surface area contributed by atoms with Gasteiger partial charge in [-0.15, -0.1) is 0 Å². The third-order valence-corrected chi connectivity index (χ3v) is 7.24. The number of hydrogen-bond acceptors (Lipinski definition) is 6. The van der Waals surface area contributed by atoms with Crippen molar-refractivity contribution in [1.29, 1.82) is 0 Å². The second-order valence-corrected chi connectivity index (χ2v) is 9.80. The van der Waals surface area contributed by atoms with E-state index in [-0.39, 0.29) is 29.6 Å². The number of aryl methyl sites for hydroxylation is 1. The summed E-state index contributed by atoms with van der Waals surface area (Å²) in [5, 5.41) is 7.60. The number of nitrogens with one attached hydrogen (secondary N) is 1. The molecule has 3 aromatic rings. The zero-order valence-corrected chi connectivity index (χ0v) is 20.5. The summed E-state index contributed by atoms with van der Waals surface area (Å²) in [5.74, 6) is -0.0438. The third kappa shape index (κ3) is 4.91. The summed E-state index contributed by atoms with van der Waals surface area (Å²) in [7, 11) is 3.91. The minimum Gasteiger partial charge on any atom is -0.348 e. The molecule has 0 radical (unpaired) electrons. The molecule has 35 heavy (non-hydrogen) atoms. The van der Waals surface area contributed by atoms with Gasteiger partial charge in [-0.1, -0.05) is 18.2 Å². The summed E-state index contributed by atoms with van der Waals surface area (Å²) in [6.45, 7) is 4.52. The van der Waals surface area contributed by atoms with Crippen LogP contribution >= 0.6 is 0 Å². The molecule has 3 atom stereocenters. The molecule has 1 fully saturated rings. The molecule has 1 saturated heterocycles. The number of nitrogens with zero attached hydrogens (tertiary/aromatic N) is 6. The quantitative estimate of drug-likeness (QED) is 0.609. The predicted octanol–water partition coefficient (Wildman–Crippen LogP) is 2.97. The Kier molecular flexibility index (Phi) is 6.51. The number of fused-ring (bicyclic) bond motifs is 1. The van der Waals surface area contributed by atoms with E-state index >= 15 is 0 Å². The van der Waals surface area contributed by atoms with Gasteiger partial charge in [0.2, 0.25) is 11.9 Å².